The molecule has 0 bridgehead atoms. The molecule has 0 atom stereocenters. The number of anilines is 1. The summed E-state index contributed by atoms with van der Waals surface area (Å²) in [6.07, 6.45) is 6.12. The van der Waals surface area contributed by atoms with Crippen molar-refractivity contribution in [3.05, 3.63) is 77.5 Å². The molecule has 1 aromatic carbocycles. The first kappa shape index (κ1) is 17.7. The fraction of sp³-hybridized carbons (Fsp3) is 0.182. The first-order valence-corrected chi connectivity index (χ1v) is 9.15. The minimum Gasteiger partial charge on any atom is -0.352 e. The second-order valence-electron chi connectivity index (χ2n) is 6.94. The molecule has 0 saturated carbocycles. The molecule has 4 rings (SSSR count). The lowest BCUT2D eigenvalue weighted by atomic mass is 10.0. The van der Waals surface area contributed by atoms with Gasteiger partial charge in [0.15, 0.2) is 0 Å². The molecule has 0 aliphatic carbocycles. The second-order valence-corrected chi connectivity index (χ2v) is 6.94. The molecule has 28 heavy (non-hydrogen) atoms. The summed E-state index contributed by atoms with van der Waals surface area (Å²) in [5.74, 6) is 0.514. The summed E-state index contributed by atoms with van der Waals surface area (Å²) in [7, 11) is 0. The zero-order valence-corrected chi connectivity index (χ0v) is 15.8. The summed E-state index contributed by atoms with van der Waals surface area (Å²) in [5, 5.41) is 4.15. The van der Waals surface area contributed by atoms with Crippen molar-refractivity contribution in [1.29, 1.82) is 0 Å². The minimum atomic E-state index is 0.203. The second kappa shape index (κ2) is 7.49. The van der Waals surface area contributed by atoms with E-state index in [0.29, 0.717) is 17.3 Å². The van der Waals surface area contributed by atoms with Crippen molar-refractivity contribution in [1.82, 2.24) is 19.9 Å². The van der Waals surface area contributed by atoms with Crippen LogP contribution < -0.4 is 5.32 Å². The van der Waals surface area contributed by atoms with E-state index < -0.39 is 0 Å². The Balaban J connectivity index is 1.79. The Bertz CT molecular complexity index is 1150. The van der Waals surface area contributed by atoms with Gasteiger partial charge in [-0.1, -0.05) is 30.3 Å². The van der Waals surface area contributed by atoms with Crippen molar-refractivity contribution in [3.63, 3.8) is 0 Å². The van der Waals surface area contributed by atoms with Gasteiger partial charge in [-0.05, 0) is 37.5 Å². The Morgan fingerprint density at radius 2 is 1.93 bits per heavy atom. The van der Waals surface area contributed by atoms with Crippen LogP contribution in [0.4, 0.5) is 11.6 Å². The number of rotatable bonds is 5. The molecule has 0 radical (unpaired) electrons. The standard InChI is InChI=1S/C22H20N6/c1-14(2)27-22-26-13-19(23-3)20(28-22)18-12-25-21-17(18)10-16(11-24-21)9-15-7-5-4-6-8-15/h4-8,10-14H,9H2,1-2H3,(H,24,25)(H,26,27,28). The molecule has 2 N–H and O–H groups in total. The van der Waals surface area contributed by atoms with Gasteiger partial charge in [-0.15, -0.1) is 0 Å². The predicted molar refractivity (Wildman–Crippen MR) is 111 cm³/mol. The topological polar surface area (TPSA) is 70.8 Å². The van der Waals surface area contributed by atoms with E-state index in [9.17, 15) is 0 Å². The van der Waals surface area contributed by atoms with Gasteiger partial charge in [0, 0.05) is 35.6 Å². The number of hydrogen-bond donors (Lipinski definition) is 2. The summed E-state index contributed by atoms with van der Waals surface area (Å²) < 4.78 is 0. The minimum absolute atomic E-state index is 0.203. The molecule has 0 spiro atoms. The number of aromatic nitrogens is 4. The van der Waals surface area contributed by atoms with E-state index in [0.717, 1.165) is 28.6 Å². The molecule has 6 heteroatoms. The molecule has 3 aromatic heterocycles. The van der Waals surface area contributed by atoms with Crippen LogP contribution in [0.2, 0.25) is 0 Å². The maximum Gasteiger partial charge on any atom is 0.231 e. The SMILES string of the molecule is [C-]#[N+]c1cnc(NC(C)C)nc1-c1c[nH]c2ncc(Cc3ccccc3)cc12. The highest BCUT2D eigenvalue weighted by Crippen LogP contribution is 2.34. The van der Waals surface area contributed by atoms with E-state index in [-0.39, 0.29) is 6.04 Å². The fourth-order valence-electron chi connectivity index (χ4n) is 3.15. The molecular weight excluding hydrogens is 348 g/mol. The van der Waals surface area contributed by atoms with Crippen LogP contribution in [0, 0.1) is 6.57 Å². The summed E-state index contributed by atoms with van der Waals surface area (Å²) in [4.78, 5) is 20.2. The molecule has 0 amide bonds. The molecule has 0 aliphatic heterocycles. The Hall–Kier alpha value is -3.72. The van der Waals surface area contributed by atoms with Crippen molar-refractivity contribution in [2.24, 2.45) is 0 Å². The molecule has 4 aromatic rings. The summed E-state index contributed by atoms with van der Waals surface area (Å²) in [6, 6.07) is 12.6. The van der Waals surface area contributed by atoms with E-state index in [1.54, 1.807) is 6.20 Å². The van der Waals surface area contributed by atoms with E-state index in [4.69, 9.17) is 6.57 Å². The number of fused-ring (bicyclic) bond motifs is 1. The lowest BCUT2D eigenvalue weighted by Gasteiger charge is -2.10. The quantitative estimate of drug-likeness (QED) is 0.487. The normalized spacial score (nSPS) is 10.9. The number of H-pyrrole nitrogens is 1. The predicted octanol–water partition coefficient (Wildman–Crippen LogP) is 4.98. The Labute approximate surface area is 163 Å². The molecule has 138 valence electrons. The number of aromatic amines is 1. The highest BCUT2D eigenvalue weighted by atomic mass is 15.1. The third-order valence-electron chi connectivity index (χ3n) is 4.40. The van der Waals surface area contributed by atoms with E-state index in [1.165, 1.54) is 5.56 Å². The highest BCUT2D eigenvalue weighted by molar-refractivity contribution is 5.96. The van der Waals surface area contributed by atoms with Crippen LogP contribution in [0.3, 0.4) is 0 Å². The lowest BCUT2D eigenvalue weighted by Crippen LogP contribution is -2.12. The van der Waals surface area contributed by atoms with Crippen LogP contribution in [0.25, 0.3) is 27.1 Å². The summed E-state index contributed by atoms with van der Waals surface area (Å²) >= 11 is 0. The van der Waals surface area contributed by atoms with Gasteiger partial charge in [0.25, 0.3) is 0 Å². The van der Waals surface area contributed by atoms with E-state index >= 15 is 0 Å². The Kier molecular flexibility index (Phi) is 4.73. The third-order valence-corrected chi connectivity index (χ3v) is 4.40. The summed E-state index contributed by atoms with van der Waals surface area (Å²) in [6.45, 7) is 11.5. The largest absolute Gasteiger partial charge is 0.352 e. The first-order chi connectivity index (χ1) is 13.6. The smallest absolute Gasteiger partial charge is 0.231 e. The van der Waals surface area contributed by atoms with Crippen molar-refractivity contribution in [2.45, 2.75) is 26.3 Å². The molecule has 0 saturated heterocycles. The van der Waals surface area contributed by atoms with Crippen LogP contribution in [-0.4, -0.2) is 26.0 Å². The number of benzene rings is 1. The lowest BCUT2D eigenvalue weighted by molar-refractivity contribution is 0.875. The fourth-order valence-corrected chi connectivity index (χ4v) is 3.15. The number of hydrogen-bond acceptors (Lipinski definition) is 4. The van der Waals surface area contributed by atoms with Gasteiger partial charge in [-0.25, -0.2) is 19.8 Å². The van der Waals surface area contributed by atoms with Gasteiger partial charge in [-0.3, -0.25) is 0 Å². The van der Waals surface area contributed by atoms with E-state index in [1.807, 2.05) is 44.4 Å². The average Bonchev–Trinajstić information content (AvgIpc) is 3.11. The average molecular weight is 368 g/mol. The number of pyridine rings is 1. The first-order valence-electron chi connectivity index (χ1n) is 9.15. The van der Waals surface area contributed by atoms with Gasteiger partial charge in [0.2, 0.25) is 11.6 Å². The van der Waals surface area contributed by atoms with Crippen LogP contribution in [-0.2, 0) is 6.42 Å². The van der Waals surface area contributed by atoms with Crippen LogP contribution in [0.5, 0.6) is 0 Å². The Morgan fingerprint density at radius 1 is 1.11 bits per heavy atom. The van der Waals surface area contributed by atoms with Gasteiger partial charge in [0.05, 0.1) is 12.3 Å². The monoisotopic (exact) mass is 368 g/mol. The van der Waals surface area contributed by atoms with Gasteiger partial charge < -0.3 is 10.3 Å². The zero-order chi connectivity index (χ0) is 19.5. The van der Waals surface area contributed by atoms with Crippen molar-refractivity contribution in [2.75, 3.05) is 5.32 Å². The maximum atomic E-state index is 7.50. The molecule has 3 heterocycles. The van der Waals surface area contributed by atoms with Crippen LogP contribution >= 0.6 is 0 Å². The highest BCUT2D eigenvalue weighted by Gasteiger charge is 2.15. The molecule has 6 nitrogen and oxygen atoms in total. The van der Waals surface area contributed by atoms with Crippen LogP contribution in [0.15, 0.2) is 55.0 Å². The van der Waals surface area contributed by atoms with Gasteiger partial charge >= 0.3 is 0 Å². The maximum absolute atomic E-state index is 7.50. The van der Waals surface area contributed by atoms with Crippen molar-refractivity contribution in [3.8, 4) is 11.3 Å². The van der Waals surface area contributed by atoms with E-state index in [2.05, 4.69) is 48.3 Å². The Morgan fingerprint density at radius 3 is 2.68 bits per heavy atom. The third kappa shape index (κ3) is 3.55. The molecular formula is C22H20N6. The zero-order valence-electron chi connectivity index (χ0n) is 15.8. The molecule has 0 aliphatic rings. The molecule has 0 unspecified atom stereocenters. The van der Waals surface area contributed by atoms with Crippen molar-refractivity contribution < 1.29 is 0 Å². The summed E-state index contributed by atoms with van der Waals surface area (Å²) in [5.41, 5.74) is 5.01. The number of nitrogens with zero attached hydrogens (tertiary/aromatic N) is 4. The van der Waals surface area contributed by atoms with Gasteiger partial charge in [0.1, 0.15) is 5.65 Å². The van der Waals surface area contributed by atoms with Crippen molar-refractivity contribution >= 4 is 22.7 Å². The van der Waals surface area contributed by atoms with Gasteiger partial charge in [-0.2, -0.15) is 0 Å². The molecule has 0 fully saturated rings. The number of nitrogens with one attached hydrogen (secondary N) is 2. The van der Waals surface area contributed by atoms with Crippen LogP contribution in [0.1, 0.15) is 25.0 Å².